The number of benzene rings is 1. The van der Waals surface area contributed by atoms with Crippen LogP contribution in [-0.2, 0) is 0 Å². The predicted molar refractivity (Wildman–Crippen MR) is 110 cm³/mol. The monoisotopic (exact) mass is 421 g/mol. The number of thiophene rings is 2. The number of hydrogen-bond donors (Lipinski definition) is 2. The molecule has 1 aromatic carbocycles. The van der Waals surface area contributed by atoms with E-state index >= 15 is 0 Å². The molecule has 0 aliphatic carbocycles. The molecule has 0 spiro atoms. The molecule has 3 rings (SSSR count). The maximum absolute atomic E-state index is 10.6. The predicted octanol–water partition coefficient (Wildman–Crippen LogP) is 0.939. The normalized spacial score (nSPS) is 12.7. The molecule has 3 nitrogen and oxygen atoms in total. The van der Waals surface area contributed by atoms with Crippen molar-refractivity contribution < 1.29 is 27.6 Å². The summed E-state index contributed by atoms with van der Waals surface area (Å²) in [6.45, 7) is 2.87. The molecule has 0 fully saturated rings. The fourth-order valence-electron chi connectivity index (χ4n) is 2.87. The summed E-state index contributed by atoms with van der Waals surface area (Å²) in [5.41, 5.74) is 4.68. The molecule has 2 heterocycles. The number of quaternary nitrogens is 1. The van der Waals surface area contributed by atoms with Crippen molar-refractivity contribution >= 4 is 28.2 Å². The molecule has 0 aliphatic heterocycles. The van der Waals surface area contributed by atoms with Crippen LogP contribution in [0.25, 0.3) is 5.57 Å². The highest BCUT2D eigenvalue weighted by atomic mass is 35.5. The van der Waals surface area contributed by atoms with Crippen LogP contribution in [0.15, 0.2) is 64.0 Å². The summed E-state index contributed by atoms with van der Waals surface area (Å²) < 4.78 is 5.18. The van der Waals surface area contributed by atoms with Crippen LogP contribution in [0.1, 0.15) is 29.7 Å². The molecule has 2 atom stereocenters. The molecule has 3 aromatic rings. The third kappa shape index (κ3) is 5.67. The van der Waals surface area contributed by atoms with Crippen molar-refractivity contribution in [3.05, 3.63) is 80.7 Å². The molecule has 0 amide bonds. The summed E-state index contributed by atoms with van der Waals surface area (Å²) in [6.07, 6.45) is 1.74. The van der Waals surface area contributed by atoms with E-state index in [-0.39, 0.29) is 18.4 Å². The van der Waals surface area contributed by atoms with Crippen LogP contribution in [0, 0.1) is 0 Å². The van der Waals surface area contributed by atoms with Gasteiger partial charge in [0.25, 0.3) is 0 Å². The number of hydrogen-bond acceptors (Lipinski definition) is 4. The van der Waals surface area contributed by atoms with Crippen molar-refractivity contribution in [1.82, 2.24) is 0 Å². The lowest BCUT2D eigenvalue weighted by atomic mass is 10.0. The molecule has 0 radical (unpaired) electrons. The number of halogens is 1. The van der Waals surface area contributed by atoms with Gasteiger partial charge in [-0.15, -0.1) is 0 Å². The molecule has 6 heteroatoms. The fourth-order valence-corrected chi connectivity index (χ4v) is 4.18. The van der Waals surface area contributed by atoms with Crippen LogP contribution in [0.5, 0.6) is 5.75 Å². The summed E-state index contributed by atoms with van der Waals surface area (Å²) in [7, 11) is 1.65. The quantitative estimate of drug-likeness (QED) is 0.568. The van der Waals surface area contributed by atoms with E-state index in [0.717, 1.165) is 17.9 Å². The Morgan fingerprint density at radius 2 is 1.67 bits per heavy atom. The number of aliphatic hydroxyl groups excluding tert-OH is 1. The highest BCUT2D eigenvalue weighted by molar-refractivity contribution is 7.08. The average Bonchev–Trinajstić information content (AvgIpc) is 3.38. The maximum Gasteiger partial charge on any atom is 0.130 e. The Balaban J connectivity index is 0.00000261. The van der Waals surface area contributed by atoms with Gasteiger partial charge < -0.3 is 27.6 Å². The first kappa shape index (κ1) is 21.7. The van der Waals surface area contributed by atoms with E-state index in [1.165, 1.54) is 16.7 Å². The second-order valence-corrected chi connectivity index (χ2v) is 7.75. The largest absolute Gasteiger partial charge is 1.00 e. The van der Waals surface area contributed by atoms with Gasteiger partial charge in [-0.25, -0.2) is 0 Å². The number of rotatable bonds is 8. The first-order chi connectivity index (χ1) is 12.7. The van der Waals surface area contributed by atoms with Gasteiger partial charge in [-0.2, -0.15) is 22.7 Å². The van der Waals surface area contributed by atoms with E-state index in [2.05, 4.69) is 52.0 Å². The van der Waals surface area contributed by atoms with Crippen LogP contribution < -0.4 is 22.5 Å². The number of ether oxygens (including phenoxy) is 1. The third-order valence-corrected chi connectivity index (χ3v) is 5.82. The molecular weight excluding hydrogens is 398 g/mol. The molecule has 144 valence electrons. The Labute approximate surface area is 174 Å². The van der Waals surface area contributed by atoms with E-state index in [0.29, 0.717) is 0 Å². The van der Waals surface area contributed by atoms with E-state index in [9.17, 15) is 5.11 Å². The summed E-state index contributed by atoms with van der Waals surface area (Å²) in [4.78, 5) is 0. The lowest BCUT2D eigenvalue weighted by Crippen LogP contribution is -3.00. The molecular formula is C21H24ClNO2S2. The minimum absolute atomic E-state index is 0. The molecule has 0 saturated heterocycles. The molecule has 0 aliphatic rings. The van der Waals surface area contributed by atoms with Crippen molar-refractivity contribution in [2.75, 3.05) is 13.7 Å². The Bertz CT molecular complexity index is 778. The Hall–Kier alpha value is -1.63. The van der Waals surface area contributed by atoms with Gasteiger partial charge in [0.2, 0.25) is 0 Å². The van der Waals surface area contributed by atoms with Crippen molar-refractivity contribution in [2.24, 2.45) is 0 Å². The Kier molecular flexibility index (Phi) is 8.54. The van der Waals surface area contributed by atoms with Crippen LogP contribution in [0.2, 0.25) is 0 Å². The molecule has 27 heavy (non-hydrogen) atoms. The first-order valence-electron chi connectivity index (χ1n) is 8.59. The van der Waals surface area contributed by atoms with Crippen LogP contribution in [-0.4, -0.2) is 24.8 Å². The fraction of sp³-hybridized carbons (Fsp3) is 0.238. The van der Waals surface area contributed by atoms with Crippen LogP contribution >= 0.6 is 22.7 Å². The van der Waals surface area contributed by atoms with Crippen LogP contribution in [0.3, 0.4) is 0 Å². The summed E-state index contributed by atoms with van der Waals surface area (Å²) in [6, 6.07) is 12.0. The zero-order valence-electron chi connectivity index (χ0n) is 15.3. The summed E-state index contributed by atoms with van der Waals surface area (Å²) >= 11 is 3.42. The second-order valence-electron chi connectivity index (χ2n) is 6.19. The van der Waals surface area contributed by atoms with Crippen molar-refractivity contribution in [1.29, 1.82) is 0 Å². The first-order valence-corrected chi connectivity index (χ1v) is 10.5. The Morgan fingerprint density at radius 3 is 2.15 bits per heavy atom. The van der Waals surface area contributed by atoms with Gasteiger partial charge >= 0.3 is 0 Å². The molecule has 0 bridgehead atoms. The van der Waals surface area contributed by atoms with Gasteiger partial charge in [-0.1, -0.05) is 12.1 Å². The zero-order chi connectivity index (χ0) is 18.4. The van der Waals surface area contributed by atoms with Gasteiger partial charge in [-0.05, 0) is 81.0 Å². The second kappa shape index (κ2) is 10.6. The van der Waals surface area contributed by atoms with Gasteiger partial charge in [0.05, 0.1) is 13.7 Å². The Morgan fingerprint density at radius 1 is 1.07 bits per heavy atom. The van der Waals surface area contributed by atoms with Crippen molar-refractivity contribution in [2.45, 2.75) is 19.1 Å². The molecule has 3 N–H and O–H groups in total. The third-order valence-electron chi connectivity index (χ3n) is 4.45. The number of methoxy groups -OCH3 is 1. The van der Waals surface area contributed by atoms with Crippen molar-refractivity contribution in [3.8, 4) is 5.75 Å². The smallest absolute Gasteiger partial charge is 0.130 e. The maximum atomic E-state index is 10.6. The SMILES string of the molecule is COc1ccc(C(O)C(C)[NH2+]CC=C(c2ccsc2)c2ccsc2)cc1.[Cl-]. The summed E-state index contributed by atoms with van der Waals surface area (Å²) in [5.74, 6) is 0.802. The number of aliphatic hydroxyl groups is 1. The van der Waals surface area contributed by atoms with Crippen LogP contribution in [0.4, 0.5) is 0 Å². The zero-order valence-corrected chi connectivity index (χ0v) is 17.7. The summed E-state index contributed by atoms with van der Waals surface area (Å²) in [5, 5.41) is 21.3. The van der Waals surface area contributed by atoms with Gasteiger partial charge in [-0.3, -0.25) is 0 Å². The minimum Gasteiger partial charge on any atom is -1.00 e. The van der Waals surface area contributed by atoms with E-state index < -0.39 is 6.10 Å². The van der Waals surface area contributed by atoms with Crippen molar-refractivity contribution in [3.63, 3.8) is 0 Å². The number of nitrogens with two attached hydrogens (primary N) is 1. The molecule has 2 unspecified atom stereocenters. The lowest BCUT2D eigenvalue weighted by Gasteiger charge is -2.17. The standard InChI is InChI=1S/C21H23NO2S2.ClH/c1-15(21(23)16-3-5-19(24-2)6-4-16)22-10-7-20(17-8-11-25-13-17)18-9-12-26-14-18;/h3-9,11-15,21-23H,10H2,1-2H3;1H. The van der Waals surface area contributed by atoms with Gasteiger partial charge in [0.1, 0.15) is 17.9 Å². The van der Waals surface area contributed by atoms with Gasteiger partial charge in [0.15, 0.2) is 0 Å². The van der Waals surface area contributed by atoms with E-state index in [4.69, 9.17) is 4.74 Å². The molecule has 0 saturated carbocycles. The van der Waals surface area contributed by atoms with E-state index in [1.54, 1.807) is 29.8 Å². The molecule has 2 aromatic heterocycles. The van der Waals surface area contributed by atoms with Gasteiger partial charge in [0, 0.05) is 0 Å². The average molecular weight is 422 g/mol. The van der Waals surface area contributed by atoms with E-state index in [1.807, 2.05) is 24.3 Å². The lowest BCUT2D eigenvalue weighted by molar-refractivity contribution is -0.686. The minimum atomic E-state index is -0.514. The highest BCUT2D eigenvalue weighted by Gasteiger charge is 2.19. The highest BCUT2D eigenvalue weighted by Crippen LogP contribution is 2.26. The topological polar surface area (TPSA) is 46.1 Å².